The Morgan fingerprint density at radius 3 is 1.56 bits per heavy atom. The van der Waals surface area contributed by atoms with Crippen molar-refractivity contribution in [3.8, 4) is 0 Å². The third-order valence-corrected chi connectivity index (χ3v) is 6.77. The first-order valence-electron chi connectivity index (χ1n) is 11.2. The topological polar surface area (TPSA) is 145 Å². The van der Waals surface area contributed by atoms with Gasteiger partial charge in [0.15, 0.2) is 0 Å². The van der Waals surface area contributed by atoms with Crippen LogP contribution in [-0.4, -0.2) is 39.1 Å². The summed E-state index contributed by atoms with van der Waals surface area (Å²) in [7, 11) is -7.75. The first-order chi connectivity index (χ1) is 16.7. The summed E-state index contributed by atoms with van der Waals surface area (Å²) >= 11 is 0. The van der Waals surface area contributed by atoms with E-state index >= 15 is 0 Å². The molecule has 0 spiro atoms. The molecule has 0 bridgehead atoms. The Bertz CT molecular complexity index is 1310. The van der Waals surface area contributed by atoms with Crippen LogP contribution in [0.1, 0.15) is 36.6 Å². The molecule has 196 valence electrons. The van der Waals surface area contributed by atoms with Crippen molar-refractivity contribution in [2.45, 2.75) is 44.7 Å². The van der Waals surface area contributed by atoms with Crippen LogP contribution in [0.4, 0.5) is 11.4 Å². The third-order valence-electron chi connectivity index (χ3n) is 4.89. The van der Waals surface area contributed by atoms with E-state index in [0.717, 1.165) is 16.7 Å². The van der Waals surface area contributed by atoms with Gasteiger partial charge in [-0.05, 0) is 55.8 Å². The molecular formula is C25H33N3O6S2. The second-order valence-electron chi connectivity index (χ2n) is 8.56. The Hall–Kier alpha value is -2.96. The lowest BCUT2D eigenvalue weighted by Crippen LogP contribution is -2.27. The largest absolute Gasteiger partial charge is 0.387 e. The van der Waals surface area contributed by atoms with Crippen molar-refractivity contribution in [2.24, 2.45) is 0 Å². The van der Waals surface area contributed by atoms with E-state index in [1.807, 2.05) is 39.8 Å². The highest BCUT2D eigenvalue weighted by molar-refractivity contribution is 7.94. The molecule has 0 aliphatic rings. The highest BCUT2D eigenvalue weighted by atomic mass is 32.2. The van der Waals surface area contributed by atoms with Crippen LogP contribution >= 0.6 is 0 Å². The van der Waals surface area contributed by atoms with E-state index in [9.17, 15) is 21.9 Å². The molecule has 0 fully saturated rings. The van der Waals surface area contributed by atoms with Gasteiger partial charge in [-0.1, -0.05) is 61.4 Å². The second-order valence-corrected chi connectivity index (χ2v) is 11.4. The first kappa shape index (κ1) is 29.3. The van der Waals surface area contributed by atoms with Crippen LogP contribution in [0.25, 0.3) is 0 Å². The molecule has 0 aliphatic heterocycles. The van der Waals surface area contributed by atoms with Gasteiger partial charge in [0.25, 0.3) is 10.1 Å². The molecule has 0 radical (unpaired) electrons. The zero-order chi connectivity index (χ0) is 26.9. The van der Waals surface area contributed by atoms with Crippen LogP contribution in [0.5, 0.6) is 0 Å². The monoisotopic (exact) mass is 535 g/mol. The Morgan fingerprint density at radius 2 is 1.14 bits per heavy atom. The molecule has 1 unspecified atom stereocenters. The number of anilines is 2. The smallest absolute Gasteiger partial charge is 0.321 e. The third kappa shape index (κ3) is 10.3. The molecule has 3 aromatic rings. The van der Waals surface area contributed by atoms with Crippen LogP contribution in [0.2, 0.25) is 0 Å². The number of aliphatic hydroxyl groups is 1. The Labute approximate surface area is 213 Å². The van der Waals surface area contributed by atoms with Crippen molar-refractivity contribution in [2.75, 3.05) is 16.0 Å². The van der Waals surface area contributed by atoms with Crippen LogP contribution < -0.4 is 14.8 Å². The average molecular weight is 536 g/mol. The molecule has 3 aromatic carbocycles. The van der Waals surface area contributed by atoms with E-state index in [2.05, 4.69) is 14.8 Å². The zero-order valence-electron chi connectivity index (χ0n) is 20.6. The summed E-state index contributed by atoms with van der Waals surface area (Å²) in [5.41, 5.74) is 3.65. The lowest BCUT2D eigenvalue weighted by atomic mass is 10.1. The van der Waals surface area contributed by atoms with E-state index in [1.54, 1.807) is 48.5 Å². The maximum Gasteiger partial charge on any atom is 0.321 e. The number of aliphatic hydroxyl groups excluding tert-OH is 1. The molecule has 1 atom stereocenters. The van der Waals surface area contributed by atoms with Gasteiger partial charge in [0.05, 0.1) is 22.4 Å². The van der Waals surface area contributed by atoms with Gasteiger partial charge in [0, 0.05) is 12.6 Å². The quantitative estimate of drug-likeness (QED) is 0.260. The standard InChI is InChI=1S/C18H25N3O3S.C7H8O3S/c1-13(2)19-12-18(22)15-6-10-17(11-7-15)21-25(23,24)20-16-8-4-14(3)5-9-16;1-6-2-4-7(5-3-6)11(8,9)10/h4-11,13,18-22H,12H2,1-3H3;2-5H,1H3,(H,8,9,10). The average Bonchev–Trinajstić information content (AvgIpc) is 2.79. The van der Waals surface area contributed by atoms with Crippen molar-refractivity contribution in [1.82, 2.24) is 5.32 Å². The van der Waals surface area contributed by atoms with E-state index in [1.165, 1.54) is 12.1 Å². The van der Waals surface area contributed by atoms with Gasteiger partial charge < -0.3 is 10.4 Å². The molecule has 0 saturated carbocycles. The maximum absolute atomic E-state index is 12.2. The summed E-state index contributed by atoms with van der Waals surface area (Å²) in [6.07, 6.45) is -0.640. The molecule has 3 rings (SSSR count). The van der Waals surface area contributed by atoms with Crippen LogP contribution in [-0.2, 0) is 20.3 Å². The molecule has 9 nitrogen and oxygen atoms in total. The fourth-order valence-corrected chi connectivity index (χ4v) is 4.33. The van der Waals surface area contributed by atoms with Gasteiger partial charge >= 0.3 is 10.2 Å². The molecule has 0 aliphatic carbocycles. The molecule has 36 heavy (non-hydrogen) atoms. The molecule has 0 saturated heterocycles. The number of hydrogen-bond donors (Lipinski definition) is 5. The van der Waals surface area contributed by atoms with Gasteiger partial charge in [-0.3, -0.25) is 14.0 Å². The van der Waals surface area contributed by atoms with Gasteiger partial charge in [-0.2, -0.15) is 16.8 Å². The summed E-state index contributed by atoms with van der Waals surface area (Å²) in [5.74, 6) is 0. The fourth-order valence-electron chi connectivity index (χ4n) is 2.91. The number of hydrogen-bond acceptors (Lipinski definition) is 6. The summed E-state index contributed by atoms with van der Waals surface area (Å²) in [6, 6.07) is 20.0. The maximum atomic E-state index is 12.2. The summed E-state index contributed by atoms with van der Waals surface area (Å²) < 4.78 is 58.8. The predicted octanol–water partition coefficient (Wildman–Crippen LogP) is 4.04. The summed E-state index contributed by atoms with van der Waals surface area (Å²) in [4.78, 5) is -0.0666. The number of aryl methyl sites for hydroxylation is 2. The Kier molecular flexibility index (Phi) is 10.4. The van der Waals surface area contributed by atoms with Crippen LogP contribution in [0, 0.1) is 13.8 Å². The van der Waals surface area contributed by atoms with Crippen molar-refractivity contribution in [3.05, 3.63) is 89.5 Å². The molecule has 11 heteroatoms. The molecular weight excluding hydrogens is 502 g/mol. The van der Waals surface area contributed by atoms with Gasteiger partial charge in [0.2, 0.25) is 0 Å². The zero-order valence-corrected chi connectivity index (χ0v) is 22.3. The second kappa shape index (κ2) is 12.8. The SMILES string of the molecule is Cc1ccc(NS(=O)(=O)Nc2ccc(C(O)CNC(C)C)cc2)cc1.Cc1ccc(S(=O)(=O)O)cc1. The lowest BCUT2D eigenvalue weighted by Gasteiger charge is -2.15. The van der Waals surface area contributed by atoms with E-state index in [-0.39, 0.29) is 10.9 Å². The van der Waals surface area contributed by atoms with E-state index in [0.29, 0.717) is 17.9 Å². The predicted molar refractivity (Wildman–Crippen MR) is 143 cm³/mol. The first-order valence-corrected chi connectivity index (χ1v) is 14.1. The van der Waals surface area contributed by atoms with Gasteiger partial charge in [-0.25, -0.2) is 0 Å². The Balaban J connectivity index is 0.000000346. The number of benzene rings is 3. The van der Waals surface area contributed by atoms with Crippen molar-refractivity contribution < 1.29 is 26.5 Å². The molecule has 0 heterocycles. The van der Waals surface area contributed by atoms with Crippen LogP contribution in [0.15, 0.2) is 77.7 Å². The minimum absolute atomic E-state index is 0.0666. The normalized spacial score (nSPS) is 12.4. The lowest BCUT2D eigenvalue weighted by molar-refractivity contribution is 0.171. The summed E-state index contributed by atoms with van der Waals surface area (Å²) in [6.45, 7) is 8.23. The minimum Gasteiger partial charge on any atom is -0.387 e. The van der Waals surface area contributed by atoms with Crippen molar-refractivity contribution in [3.63, 3.8) is 0 Å². The summed E-state index contributed by atoms with van der Waals surface area (Å²) in [5, 5.41) is 13.3. The highest BCUT2D eigenvalue weighted by Gasteiger charge is 2.12. The molecule has 5 N–H and O–H groups in total. The molecule has 0 amide bonds. The van der Waals surface area contributed by atoms with E-state index < -0.39 is 26.4 Å². The number of nitrogens with one attached hydrogen (secondary N) is 3. The van der Waals surface area contributed by atoms with E-state index in [4.69, 9.17) is 4.55 Å². The number of rotatable bonds is 9. The van der Waals surface area contributed by atoms with Crippen molar-refractivity contribution >= 4 is 31.7 Å². The van der Waals surface area contributed by atoms with Gasteiger partial charge in [-0.15, -0.1) is 0 Å². The fraction of sp³-hybridized carbons (Fsp3) is 0.280. The Morgan fingerprint density at radius 1 is 0.722 bits per heavy atom. The minimum atomic E-state index is -4.02. The van der Waals surface area contributed by atoms with Crippen LogP contribution in [0.3, 0.4) is 0 Å². The highest BCUT2D eigenvalue weighted by Crippen LogP contribution is 2.18. The van der Waals surface area contributed by atoms with Gasteiger partial charge in [0.1, 0.15) is 0 Å². The molecule has 0 aromatic heterocycles. The van der Waals surface area contributed by atoms with Crippen molar-refractivity contribution in [1.29, 1.82) is 0 Å².